The van der Waals surface area contributed by atoms with Gasteiger partial charge in [0.2, 0.25) is 0 Å². The molecule has 1 heterocycles. The summed E-state index contributed by atoms with van der Waals surface area (Å²) in [7, 11) is 0. The molecule has 18 heavy (non-hydrogen) atoms. The highest BCUT2D eigenvalue weighted by Gasteiger charge is 2.29. The van der Waals surface area contributed by atoms with Crippen LogP contribution in [0, 0.1) is 0 Å². The average Bonchev–Trinajstić information content (AvgIpc) is 2.86. The zero-order chi connectivity index (χ0) is 13.0. The van der Waals surface area contributed by atoms with E-state index in [0.717, 1.165) is 37.4 Å². The van der Waals surface area contributed by atoms with Gasteiger partial charge in [0.25, 0.3) is 0 Å². The van der Waals surface area contributed by atoms with Gasteiger partial charge in [-0.3, -0.25) is 0 Å². The van der Waals surface area contributed by atoms with Crippen LogP contribution in [0.5, 0.6) is 0 Å². The second kappa shape index (κ2) is 6.10. The van der Waals surface area contributed by atoms with Crippen molar-refractivity contribution in [1.82, 2.24) is 10.2 Å². The summed E-state index contributed by atoms with van der Waals surface area (Å²) in [5.41, 5.74) is 1.17. The van der Waals surface area contributed by atoms with Crippen molar-refractivity contribution in [3.63, 3.8) is 0 Å². The summed E-state index contributed by atoms with van der Waals surface area (Å²) in [4.78, 5) is 14.0. The Morgan fingerprint density at radius 1 is 1.44 bits per heavy atom. The second-order valence-corrected chi connectivity index (χ2v) is 5.07. The SMILES string of the molecule is CCCNC(=O)N1CCC[C@H]1c1ccc(Cl)cc1. The van der Waals surface area contributed by atoms with E-state index in [1.807, 2.05) is 29.2 Å². The van der Waals surface area contributed by atoms with Crippen molar-refractivity contribution in [3.8, 4) is 0 Å². The van der Waals surface area contributed by atoms with Crippen molar-refractivity contribution >= 4 is 17.6 Å². The lowest BCUT2D eigenvalue weighted by molar-refractivity contribution is 0.193. The Bertz CT molecular complexity index is 405. The highest BCUT2D eigenvalue weighted by molar-refractivity contribution is 6.30. The van der Waals surface area contributed by atoms with Crippen LogP contribution in [0.4, 0.5) is 4.79 Å². The predicted molar refractivity (Wildman–Crippen MR) is 73.8 cm³/mol. The maximum atomic E-state index is 12.0. The minimum absolute atomic E-state index is 0.0503. The van der Waals surface area contributed by atoms with Crippen LogP contribution in [0.15, 0.2) is 24.3 Å². The molecule has 2 rings (SSSR count). The highest BCUT2D eigenvalue weighted by atomic mass is 35.5. The van der Waals surface area contributed by atoms with E-state index in [1.54, 1.807) is 0 Å². The maximum absolute atomic E-state index is 12.0. The monoisotopic (exact) mass is 266 g/mol. The molecule has 1 atom stereocenters. The van der Waals surface area contributed by atoms with Crippen molar-refractivity contribution in [2.24, 2.45) is 0 Å². The number of carbonyl (C=O) groups excluding carboxylic acids is 1. The van der Waals surface area contributed by atoms with Gasteiger partial charge in [-0.05, 0) is 37.0 Å². The molecule has 0 radical (unpaired) electrons. The number of likely N-dealkylation sites (tertiary alicyclic amines) is 1. The van der Waals surface area contributed by atoms with Gasteiger partial charge in [0.15, 0.2) is 0 Å². The molecule has 1 aromatic carbocycles. The Kier molecular flexibility index (Phi) is 4.48. The summed E-state index contributed by atoms with van der Waals surface area (Å²) in [6.07, 6.45) is 3.05. The molecular formula is C14H19ClN2O. The zero-order valence-corrected chi connectivity index (χ0v) is 11.4. The molecule has 1 saturated heterocycles. The smallest absolute Gasteiger partial charge is 0.317 e. The lowest BCUT2D eigenvalue weighted by Gasteiger charge is -2.25. The van der Waals surface area contributed by atoms with E-state index in [1.165, 1.54) is 5.56 Å². The molecule has 1 N–H and O–H groups in total. The molecule has 1 aliphatic rings. The third-order valence-corrected chi connectivity index (χ3v) is 3.55. The third-order valence-electron chi connectivity index (χ3n) is 3.29. The van der Waals surface area contributed by atoms with Gasteiger partial charge in [0, 0.05) is 18.1 Å². The highest BCUT2D eigenvalue weighted by Crippen LogP contribution is 2.32. The van der Waals surface area contributed by atoms with Crippen molar-refractivity contribution < 1.29 is 4.79 Å². The van der Waals surface area contributed by atoms with Gasteiger partial charge in [0.05, 0.1) is 6.04 Å². The second-order valence-electron chi connectivity index (χ2n) is 4.63. The molecule has 1 aliphatic heterocycles. The van der Waals surface area contributed by atoms with Crippen molar-refractivity contribution in [2.45, 2.75) is 32.2 Å². The van der Waals surface area contributed by atoms with Gasteiger partial charge >= 0.3 is 6.03 Å². The van der Waals surface area contributed by atoms with Gasteiger partial charge < -0.3 is 10.2 Å². The van der Waals surface area contributed by atoms with E-state index in [9.17, 15) is 4.79 Å². The largest absolute Gasteiger partial charge is 0.338 e. The number of hydrogen-bond acceptors (Lipinski definition) is 1. The molecule has 2 amide bonds. The summed E-state index contributed by atoms with van der Waals surface area (Å²) < 4.78 is 0. The van der Waals surface area contributed by atoms with Gasteiger partial charge in [-0.2, -0.15) is 0 Å². The van der Waals surface area contributed by atoms with E-state index in [0.29, 0.717) is 0 Å². The quantitative estimate of drug-likeness (QED) is 0.891. The molecule has 0 saturated carbocycles. The summed E-state index contributed by atoms with van der Waals surface area (Å²) in [5.74, 6) is 0. The van der Waals surface area contributed by atoms with E-state index >= 15 is 0 Å². The van der Waals surface area contributed by atoms with E-state index in [2.05, 4.69) is 12.2 Å². The Hall–Kier alpha value is -1.22. The molecule has 1 fully saturated rings. The molecular weight excluding hydrogens is 248 g/mol. The molecule has 3 nitrogen and oxygen atoms in total. The molecule has 0 unspecified atom stereocenters. The van der Waals surface area contributed by atoms with Gasteiger partial charge in [-0.1, -0.05) is 30.7 Å². The number of halogens is 1. The van der Waals surface area contributed by atoms with Crippen LogP contribution >= 0.6 is 11.6 Å². The average molecular weight is 267 g/mol. The Labute approximate surface area is 113 Å². The predicted octanol–water partition coefficient (Wildman–Crippen LogP) is 3.60. The normalized spacial score (nSPS) is 19.0. The van der Waals surface area contributed by atoms with E-state index in [-0.39, 0.29) is 12.1 Å². The molecule has 1 aromatic rings. The van der Waals surface area contributed by atoms with Crippen molar-refractivity contribution in [2.75, 3.05) is 13.1 Å². The first kappa shape index (κ1) is 13.2. The van der Waals surface area contributed by atoms with Crippen LogP contribution in [0.2, 0.25) is 5.02 Å². The van der Waals surface area contributed by atoms with Crippen LogP contribution in [-0.2, 0) is 0 Å². The molecule has 0 aliphatic carbocycles. The van der Waals surface area contributed by atoms with E-state index < -0.39 is 0 Å². The minimum Gasteiger partial charge on any atom is -0.338 e. The fourth-order valence-corrected chi connectivity index (χ4v) is 2.50. The number of nitrogens with zero attached hydrogens (tertiary/aromatic N) is 1. The van der Waals surface area contributed by atoms with Gasteiger partial charge in [0.1, 0.15) is 0 Å². The standard InChI is InChI=1S/C14H19ClN2O/c1-2-9-16-14(18)17-10-3-4-13(17)11-5-7-12(15)8-6-11/h5-8,13H,2-4,9-10H2,1H3,(H,16,18)/t13-/m0/s1. The third kappa shape index (κ3) is 2.96. The number of amides is 2. The number of carbonyl (C=O) groups is 1. The molecule has 0 spiro atoms. The Balaban J connectivity index is 2.07. The minimum atomic E-state index is 0.0503. The molecule has 0 bridgehead atoms. The van der Waals surface area contributed by atoms with E-state index in [4.69, 9.17) is 11.6 Å². The molecule has 4 heteroatoms. The fourth-order valence-electron chi connectivity index (χ4n) is 2.37. The van der Waals surface area contributed by atoms with Crippen LogP contribution in [-0.4, -0.2) is 24.0 Å². The summed E-state index contributed by atoms with van der Waals surface area (Å²) in [6, 6.07) is 8.04. The van der Waals surface area contributed by atoms with Crippen molar-refractivity contribution in [1.29, 1.82) is 0 Å². The molecule has 0 aromatic heterocycles. The van der Waals surface area contributed by atoms with Crippen LogP contribution in [0.1, 0.15) is 37.8 Å². The maximum Gasteiger partial charge on any atom is 0.317 e. The molecule has 98 valence electrons. The topological polar surface area (TPSA) is 32.3 Å². The summed E-state index contributed by atoms with van der Waals surface area (Å²) >= 11 is 5.89. The lowest BCUT2D eigenvalue weighted by Crippen LogP contribution is -2.39. The number of benzene rings is 1. The van der Waals surface area contributed by atoms with Gasteiger partial charge in [-0.15, -0.1) is 0 Å². The van der Waals surface area contributed by atoms with Crippen LogP contribution in [0.3, 0.4) is 0 Å². The van der Waals surface area contributed by atoms with Crippen molar-refractivity contribution in [3.05, 3.63) is 34.9 Å². The first-order chi connectivity index (χ1) is 8.72. The first-order valence-electron chi connectivity index (χ1n) is 6.52. The summed E-state index contributed by atoms with van der Waals surface area (Å²) in [5, 5.41) is 3.68. The number of nitrogens with one attached hydrogen (secondary N) is 1. The van der Waals surface area contributed by atoms with Gasteiger partial charge in [-0.25, -0.2) is 4.79 Å². The number of rotatable bonds is 3. The zero-order valence-electron chi connectivity index (χ0n) is 10.7. The van der Waals surface area contributed by atoms with Crippen LogP contribution in [0.25, 0.3) is 0 Å². The lowest BCUT2D eigenvalue weighted by atomic mass is 10.1. The number of hydrogen-bond donors (Lipinski definition) is 1. The Morgan fingerprint density at radius 2 is 2.17 bits per heavy atom. The first-order valence-corrected chi connectivity index (χ1v) is 6.90. The number of urea groups is 1. The van der Waals surface area contributed by atoms with Crippen LogP contribution < -0.4 is 5.32 Å². The summed E-state index contributed by atoms with van der Waals surface area (Å²) in [6.45, 7) is 3.63. The Morgan fingerprint density at radius 3 is 2.83 bits per heavy atom. The fraction of sp³-hybridized carbons (Fsp3) is 0.500.